The molecule has 1 aromatic heterocycles. The van der Waals surface area contributed by atoms with Crippen LogP contribution in [0.25, 0.3) is 0 Å². The van der Waals surface area contributed by atoms with Gasteiger partial charge in [0.25, 0.3) is 5.88 Å². The Labute approximate surface area is 112 Å². The number of aromatic nitrogens is 2. The third-order valence-electron chi connectivity index (χ3n) is 1.97. The third-order valence-corrected chi connectivity index (χ3v) is 2.71. The fraction of sp³-hybridized carbons (Fsp3) is 0. The number of hydrogen-bond donors (Lipinski definition) is 1. The molecule has 92 valence electrons. The standard InChI is InChI=1S/C11H6Cl2N2O3/c12-7-2-1-6(5-8(7)13)18-10-9(11(16)17)14-3-4-15-10/h1-5H,(H,16,17). The summed E-state index contributed by atoms with van der Waals surface area (Å²) in [6, 6.07) is 4.55. The summed E-state index contributed by atoms with van der Waals surface area (Å²) in [4.78, 5) is 18.4. The van der Waals surface area contributed by atoms with E-state index in [9.17, 15) is 4.79 Å². The van der Waals surface area contributed by atoms with E-state index in [2.05, 4.69) is 9.97 Å². The predicted octanol–water partition coefficient (Wildman–Crippen LogP) is 3.27. The van der Waals surface area contributed by atoms with Crippen LogP contribution in [0, 0.1) is 0 Å². The minimum absolute atomic E-state index is 0.108. The molecule has 7 heteroatoms. The van der Waals surface area contributed by atoms with Crippen LogP contribution in [0.1, 0.15) is 10.5 Å². The van der Waals surface area contributed by atoms with Crippen molar-refractivity contribution in [3.8, 4) is 11.6 Å². The zero-order valence-electron chi connectivity index (χ0n) is 8.80. The molecule has 2 aromatic rings. The van der Waals surface area contributed by atoms with Gasteiger partial charge in [-0.05, 0) is 12.1 Å². The van der Waals surface area contributed by atoms with Crippen LogP contribution in [0.3, 0.4) is 0 Å². The van der Waals surface area contributed by atoms with Gasteiger partial charge in [0, 0.05) is 18.5 Å². The lowest BCUT2D eigenvalue weighted by atomic mass is 10.3. The molecular formula is C11H6Cl2N2O3. The zero-order valence-corrected chi connectivity index (χ0v) is 10.3. The Bertz CT molecular complexity index is 605. The molecule has 0 spiro atoms. The summed E-state index contributed by atoms with van der Waals surface area (Å²) < 4.78 is 5.31. The van der Waals surface area contributed by atoms with Crippen molar-refractivity contribution in [2.45, 2.75) is 0 Å². The van der Waals surface area contributed by atoms with Crippen molar-refractivity contribution in [3.63, 3.8) is 0 Å². The van der Waals surface area contributed by atoms with Crippen LogP contribution in [0.4, 0.5) is 0 Å². The lowest BCUT2D eigenvalue weighted by Gasteiger charge is -2.07. The average molecular weight is 285 g/mol. The maximum absolute atomic E-state index is 10.9. The fourth-order valence-electron chi connectivity index (χ4n) is 1.20. The number of hydrogen-bond acceptors (Lipinski definition) is 4. The fourth-order valence-corrected chi connectivity index (χ4v) is 1.49. The summed E-state index contributed by atoms with van der Waals surface area (Å²) in [5.41, 5.74) is -0.274. The van der Waals surface area contributed by atoms with Gasteiger partial charge in [-0.1, -0.05) is 23.2 Å². The quantitative estimate of drug-likeness (QED) is 0.936. The van der Waals surface area contributed by atoms with E-state index in [1.807, 2.05) is 0 Å². The SMILES string of the molecule is O=C(O)c1nccnc1Oc1ccc(Cl)c(Cl)c1. The summed E-state index contributed by atoms with van der Waals surface area (Å²) in [5, 5.41) is 9.59. The van der Waals surface area contributed by atoms with Crippen molar-refractivity contribution in [2.24, 2.45) is 0 Å². The van der Waals surface area contributed by atoms with Crippen molar-refractivity contribution in [1.82, 2.24) is 9.97 Å². The maximum atomic E-state index is 10.9. The first kappa shape index (κ1) is 12.6. The van der Waals surface area contributed by atoms with Gasteiger partial charge in [0.15, 0.2) is 0 Å². The molecule has 0 aliphatic heterocycles. The van der Waals surface area contributed by atoms with Crippen molar-refractivity contribution in [3.05, 3.63) is 46.3 Å². The molecule has 0 radical (unpaired) electrons. The second-order valence-electron chi connectivity index (χ2n) is 3.19. The number of carboxylic acids is 1. The highest BCUT2D eigenvalue weighted by atomic mass is 35.5. The Balaban J connectivity index is 2.34. The predicted molar refractivity (Wildman–Crippen MR) is 65.5 cm³/mol. The van der Waals surface area contributed by atoms with E-state index in [-0.39, 0.29) is 11.6 Å². The number of aromatic carboxylic acids is 1. The molecule has 0 bridgehead atoms. The number of halogens is 2. The van der Waals surface area contributed by atoms with E-state index in [1.165, 1.54) is 24.5 Å². The van der Waals surface area contributed by atoms with Crippen molar-refractivity contribution in [2.75, 3.05) is 0 Å². The van der Waals surface area contributed by atoms with E-state index in [0.717, 1.165) is 0 Å². The lowest BCUT2D eigenvalue weighted by Crippen LogP contribution is -2.04. The molecule has 0 atom stereocenters. The van der Waals surface area contributed by atoms with Crippen LogP contribution in [-0.4, -0.2) is 21.0 Å². The van der Waals surface area contributed by atoms with Gasteiger partial charge in [-0.2, -0.15) is 0 Å². The minimum atomic E-state index is -1.22. The van der Waals surface area contributed by atoms with Gasteiger partial charge in [0.05, 0.1) is 10.0 Å². The van der Waals surface area contributed by atoms with Crippen molar-refractivity contribution >= 4 is 29.2 Å². The molecule has 0 aliphatic carbocycles. The van der Waals surface area contributed by atoms with E-state index < -0.39 is 5.97 Å². The molecular weight excluding hydrogens is 279 g/mol. The smallest absolute Gasteiger partial charge is 0.360 e. The Hall–Kier alpha value is -1.85. The number of carbonyl (C=O) groups is 1. The summed E-state index contributed by atoms with van der Waals surface area (Å²) in [6.07, 6.45) is 2.60. The summed E-state index contributed by atoms with van der Waals surface area (Å²) in [5.74, 6) is -1.01. The van der Waals surface area contributed by atoms with Crippen LogP contribution in [-0.2, 0) is 0 Å². The highest BCUT2D eigenvalue weighted by Gasteiger charge is 2.15. The molecule has 0 aliphatic rings. The van der Waals surface area contributed by atoms with Crippen LogP contribution in [0.2, 0.25) is 10.0 Å². The highest BCUT2D eigenvalue weighted by molar-refractivity contribution is 6.42. The van der Waals surface area contributed by atoms with E-state index in [0.29, 0.717) is 15.8 Å². The van der Waals surface area contributed by atoms with Crippen LogP contribution in [0.15, 0.2) is 30.6 Å². The first-order valence-electron chi connectivity index (χ1n) is 4.75. The Morgan fingerprint density at radius 2 is 1.89 bits per heavy atom. The third kappa shape index (κ3) is 2.69. The Kier molecular flexibility index (Phi) is 3.64. The molecule has 0 fully saturated rings. The number of ether oxygens (including phenoxy) is 1. The first-order chi connectivity index (χ1) is 8.58. The van der Waals surface area contributed by atoms with Gasteiger partial charge in [0.2, 0.25) is 5.69 Å². The summed E-state index contributed by atoms with van der Waals surface area (Å²) in [7, 11) is 0. The second kappa shape index (κ2) is 5.20. The molecule has 5 nitrogen and oxygen atoms in total. The number of nitrogens with zero attached hydrogens (tertiary/aromatic N) is 2. The number of rotatable bonds is 3. The van der Waals surface area contributed by atoms with E-state index >= 15 is 0 Å². The molecule has 18 heavy (non-hydrogen) atoms. The topological polar surface area (TPSA) is 72.3 Å². The van der Waals surface area contributed by atoms with Crippen molar-refractivity contribution < 1.29 is 14.6 Å². The normalized spacial score (nSPS) is 10.1. The van der Waals surface area contributed by atoms with Gasteiger partial charge in [0.1, 0.15) is 5.75 Å². The molecule has 0 saturated carbocycles. The lowest BCUT2D eigenvalue weighted by molar-refractivity contribution is 0.0686. The van der Waals surface area contributed by atoms with Crippen LogP contribution < -0.4 is 4.74 Å². The molecule has 1 aromatic carbocycles. The molecule has 1 heterocycles. The van der Waals surface area contributed by atoms with E-state index in [1.54, 1.807) is 6.07 Å². The maximum Gasteiger partial charge on any atom is 0.360 e. The highest BCUT2D eigenvalue weighted by Crippen LogP contribution is 2.29. The molecule has 0 saturated heterocycles. The number of carboxylic acid groups (broad SMARTS) is 1. The molecule has 0 amide bonds. The Morgan fingerprint density at radius 1 is 1.17 bits per heavy atom. The van der Waals surface area contributed by atoms with Crippen LogP contribution >= 0.6 is 23.2 Å². The van der Waals surface area contributed by atoms with Gasteiger partial charge in [-0.15, -0.1) is 0 Å². The minimum Gasteiger partial charge on any atom is -0.476 e. The van der Waals surface area contributed by atoms with Crippen molar-refractivity contribution in [1.29, 1.82) is 0 Å². The summed E-state index contributed by atoms with van der Waals surface area (Å²) in [6.45, 7) is 0. The van der Waals surface area contributed by atoms with Gasteiger partial charge in [-0.3, -0.25) is 0 Å². The monoisotopic (exact) mass is 284 g/mol. The Morgan fingerprint density at radius 3 is 2.56 bits per heavy atom. The number of benzene rings is 1. The summed E-state index contributed by atoms with van der Waals surface area (Å²) >= 11 is 11.6. The largest absolute Gasteiger partial charge is 0.476 e. The van der Waals surface area contributed by atoms with Gasteiger partial charge >= 0.3 is 5.97 Å². The molecule has 1 N–H and O–H groups in total. The average Bonchev–Trinajstić information content (AvgIpc) is 2.34. The van der Waals surface area contributed by atoms with Gasteiger partial charge < -0.3 is 9.84 Å². The zero-order chi connectivity index (χ0) is 13.1. The second-order valence-corrected chi connectivity index (χ2v) is 4.01. The van der Waals surface area contributed by atoms with E-state index in [4.69, 9.17) is 33.0 Å². The molecule has 2 rings (SSSR count). The molecule has 0 unspecified atom stereocenters. The van der Waals surface area contributed by atoms with Crippen LogP contribution in [0.5, 0.6) is 11.6 Å². The first-order valence-corrected chi connectivity index (χ1v) is 5.50. The van der Waals surface area contributed by atoms with Gasteiger partial charge in [-0.25, -0.2) is 14.8 Å².